The summed E-state index contributed by atoms with van der Waals surface area (Å²) in [4.78, 5) is 27.4. The fourth-order valence-corrected chi connectivity index (χ4v) is 4.28. The minimum Gasteiger partial charge on any atom is -0.480 e. The van der Waals surface area contributed by atoms with Crippen molar-refractivity contribution in [2.45, 2.75) is 12.0 Å². The molecule has 31 heavy (non-hydrogen) atoms. The van der Waals surface area contributed by atoms with E-state index in [0.717, 1.165) is 15.4 Å². The Morgan fingerprint density at radius 2 is 1.74 bits per heavy atom. The number of halogens is 1. The highest BCUT2D eigenvalue weighted by Gasteiger charge is 2.27. The molecule has 1 unspecified atom stereocenters. The lowest BCUT2D eigenvalue weighted by Gasteiger charge is -2.29. The normalized spacial score (nSPS) is 14.6. The summed E-state index contributed by atoms with van der Waals surface area (Å²) >= 11 is 14.9. The fourth-order valence-electron chi connectivity index (χ4n) is 3.33. The highest BCUT2D eigenvalue weighted by atomic mass is 35.5. The lowest BCUT2D eigenvalue weighted by molar-refractivity contribution is -0.139. The van der Waals surface area contributed by atoms with E-state index in [-0.39, 0.29) is 12.5 Å². The maximum absolute atomic E-state index is 12.8. The quantitative estimate of drug-likeness (QED) is 0.372. The zero-order chi connectivity index (χ0) is 22.5. The lowest BCUT2D eigenvalue weighted by atomic mass is 10.00. The molecule has 2 aromatic rings. The number of amides is 1. The molecule has 1 atom stereocenters. The molecule has 0 fully saturated rings. The molecular weight excluding hydrogens is 456 g/mol. The van der Waals surface area contributed by atoms with Gasteiger partial charge in [-0.3, -0.25) is 4.79 Å². The van der Waals surface area contributed by atoms with Gasteiger partial charge in [0.2, 0.25) is 5.91 Å². The fraction of sp³-hybridized carbons (Fsp3) is 0.182. The first kappa shape index (κ1) is 23.3. The number of aliphatic hydroxyl groups is 1. The Labute approximate surface area is 196 Å². The Balaban J connectivity index is 1.79. The number of thiol groups is 2. The van der Waals surface area contributed by atoms with E-state index in [1.165, 1.54) is 4.90 Å². The van der Waals surface area contributed by atoms with Crippen LogP contribution in [0.3, 0.4) is 0 Å². The van der Waals surface area contributed by atoms with Crippen LogP contribution in [0.4, 0.5) is 11.4 Å². The van der Waals surface area contributed by atoms with Crippen molar-refractivity contribution in [2.24, 2.45) is 0 Å². The van der Waals surface area contributed by atoms with E-state index >= 15 is 0 Å². The van der Waals surface area contributed by atoms with Crippen molar-refractivity contribution in [3.05, 3.63) is 81.1 Å². The van der Waals surface area contributed by atoms with Gasteiger partial charge in [0.15, 0.2) is 6.04 Å². The van der Waals surface area contributed by atoms with Gasteiger partial charge in [0.05, 0.1) is 13.2 Å². The number of allylic oxidation sites excluding steroid dienone is 4. The first-order chi connectivity index (χ1) is 14.8. The van der Waals surface area contributed by atoms with Crippen molar-refractivity contribution in [1.29, 1.82) is 0 Å². The highest BCUT2D eigenvalue weighted by molar-refractivity contribution is 7.86. The maximum Gasteiger partial charge on any atom is 0.328 e. The molecule has 9 heteroatoms. The van der Waals surface area contributed by atoms with Crippen LogP contribution in [0.1, 0.15) is 11.5 Å². The van der Waals surface area contributed by atoms with Gasteiger partial charge in [-0.1, -0.05) is 35.9 Å². The number of hydrogen-bond acceptors (Lipinski definition) is 6. The first-order valence-corrected chi connectivity index (χ1v) is 10.6. The number of carbonyl (C=O) groups excluding carboxylic acids is 1. The van der Waals surface area contributed by atoms with Gasteiger partial charge in [-0.2, -0.15) is 0 Å². The van der Waals surface area contributed by atoms with Crippen molar-refractivity contribution in [3.63, 3.8) is 0 Å². The van der Waals surface area contributed by atoms with E-state index in [4.69, 9.17) is 11.6 Å². The number of carboxylic acids is 1. The second kappa shape index (κ2) is 10.3. The summed E-state index contributed by atoms with van der Waals surface area (Å²) in [6.45, 7) is -0.932. The van der Waals surface area contributed by atoms with Gasteiger partial charge in [0.1, 0.15) is 0 Å². The number of rotatable bonds is 8. The summed E-state index contributed by atoms with van der Waals surface area (Å²) in [5.74, 6) is -1.75. The smallest absolute Gasteiger partial charge is 0.328 e. The molecule has 0 aromatic heterocycles. The summed E-state index contributed by atoms with van der Waals surface area (Å²) in [5.41, 5.74) is 1.94. The number of nitrogens with zero attached hydrogens (tertiary/aromatic N) is 1. The number of carbonyl (C=O) groups is 2. The van der Waals surface area contributed by atoms with Crippen LogP contribution in [0, 0.1) is 0 Å². The summed E-state index contributed by atoms with van der Waals surface area (Å²) in [5, 5.41) is 22.3. The average Bonchev–Trinajstić information content (AvgIpc) is 3.06. The Morgan fingerprint density at radius 3 is 2.32 bits per heavy atom. The minimum absolute atomic E-state index is 0.0835. The van der Waals surface area contributed by atoms with Gasteiger partial charge < -0.3 is 20.4 Å². The monoisotopic (exact) mass is 476 g/mol. The van der Waals surface area contributed by atoms with E-state index in [2.05, 4.69) is 30.6 Å². The zero-order valence-electron chi connectivity index (χ0n) is 16.3. The SMILES string of the molecule is O=C(CN(c1ccc(Cl)cc1)C(CO)C(=O)O)Nc1cccc(C2C(S)=CC=C2S)c1. The van der Waals surface area contributed by atoms with Gasteiger partial charge in [-0.15, -0.1) is 25.3 Å². The van der Waals surface area contributed by atoms with E-state index in [1.54, 1.807) is 30.3 Å². The number of aliphatic carboxylic acids is 1. The molecule has 1 aliphatic rings. The molecule has 0 spiro atoms. The van der Waals surface area contributed by atoms with Gasteiger partial charge in [0.25, 0.3) is 0 Å². The standard InChI is InChI=1S/C22H21ClN2O4S2/c23-14-4-6-16(7-5-14)25(17(12-26)22(28)29)11-20(27)24-15-3-1-2-13(10-15)21-18(30)8-9-19(21)31/h1-10,17,21,26,30-31H,11-12H2,(H,24,27)(H,28,29). The predicted octanol–water partition coefficient (Wildman–Crippen LogP) is 3.96. The predicted molar refractivity (Wildman–Crippen MR) is 129 cm³/mol. The van der Waals surface area contributed by atoms with Crippen LogP contribution in [0.15, 0.2) is 70.5 Å². The topological polar surface area (TPSA) is 89.9 Å². The van der Waals surface area contributed by atoms with Crippen molar-refractivity contribution in [2.75, 3.05) is 23.4 Å². The number of carboxylic acid groups (broad SMARTS) is 1. The van der Waals surface area contributed by atoms with Gasteiger partial charge in [0, 0.05) is 22.3 Å². The third kappa shape index (κ3) is 5.65. The van der Waals surface area contributed by atoms with Crippen LogP contribution in [0.25, 0.3) is 0 Å². The molecule has 6 nitrogen and oxygen atoms in total. The van der Waals surface area contributed by atoms with Crippen molar-refractivity contribution in [1.82, 2.24) is 0 Å². The van der Waals surface area contributed by atoms with Crippen LogP contribution in [-0.2, 0) is 9.59 Å². The molecule has 2 aromatic carbocycles. The second-order valence-electron chi connectivity index (χ2n) is 6.93. The number of hydrogen-bond donors (Lipinski definition) is 5. The molecule has 3 N–H and O–H groups in total. The van der Waals surface area contributed by atoms with Crippen molar-refractivity contribution >= 4 is 60.1 Å². The number of aliphatic hydroxyl groups excluding tert-OH is 1. The molecule has 1 amide bonds. The number of benzene rings is 2. The van der Waals surface area contributed by atoms with Crippen LogP contribution < -0.4 is 10.2 Å². The molecule has 0 bridgehead atoms. The molecule has 3 rings (SSSR count). The van der Waals surface area contributed by atoms with Gasteiger partial charge >= 0.3 is 5.97 Å². The van der Waals surface area contributed by atoms with Crippen molar-refractivity contribution in [3.8, 4) is 0 Å². The second-order valence-corrected chi connectivity index (χ2v) is 8.40. The zero-order valence-corrected chi connectivity index (χ0v) is 18.8. The van der Waals surface area contributed by atoms with E-state index in [0.29, 0.717) is 16.4 Å². The summed E-state index contributed by atoms with van der Waals surface area (Å²) in [6.07, 6.45) is 3.76. The molecule has 1 aliphatic carbocycles. The maximum atomic E-state index is 12.8. The van der Waals surface area contributed by atoms with E-state index in [9.17, 15) is 19.8 Å². The average molecular weight is 477 g/mol. The Morgan fingerprint density at radius 1 is 1.10 bits per heavy atom. The molecule has 0 aliphatic heterocycles. The molecule has 0 heterocycles. The Hall–Kier alpha value is -2.39. The van der Waals surface area contributed by atoms with Crippen LogP contribution in [-0.4, -0.2) is 41.3 Å². The van der Waals surface area contributed by atoms with Crippen molar-refractivity contribution < 1.29 is 19.8 Å². The molecule has 0 saturated carbocycles. The Kier molecular flexibility index (Phi) is 7.72. The van der Waals surface area contributed by atoms with E-state index in [1.807, 2.05) is 30.4 Å². The van der Waals surface area contributed by atoms with E-state index < -0.39 is 24.5 Å². The molecular formula is C22H21ClN2O4S2. The summed E-state index contributed by atoms with van der Waals surface area (Å²) in [7, 11) is 0. The number of anilines is 2. The molecule has 0 radical (unpaired) electrons. The molecule has 162 valence electrons. The minimum atomic E-state index is -1.29. The van der Waals surface area contributed by atoms with Crippen LogP contribution >= 0.6 is 36.9 Å². The van der Waals surface area contributed by atoms with Crippen LogP contribution in [0.5, 0.6) is 0 Å². The summed E-state index contributed by atoms with van der Waals surface area (Å²) < 4.78 is 0. The first-order valence-electron chi connectivity index (χ1n) is 9.35. The third-order valence-electron chi connectivity index (χ3n) is 4.83. The van der Waals surface area contributed by atoms with Crippen LogP contribution in [0.2, 0.25) is 5.02 Å². The number of nitrogens with one attached hydrogen (secondary N) is 1. The highest BCUT2D eigenvalue weighted by Crippen LogP contribution is 2.40. The largest absolute Gasteiger partial charge is 0.480 e. The molecule has 0 saturated heterocycles. The Bertz CT molecular complexity index is 1020. The van der Waals surface area contributed by atoms with Gasteiger partial charge in [-0.05, 0) is 51.8 Å². The lowest BCUT2D eigenvalue weighted by Crippen LogP contribution is -2.47. The summed E-state index contributed by atoms with van der Waals surface area (Å²) in [6, 6.07) is 12.4. The third-order valence-corrected chi connectivity index (χ3v) is 5.89. The van der Waals surface area contributed by atoms with Gasteiger partial charge in [-0.25, -0.2) is 4.79 Å².